The van der Waals surface area contributed by atoms with Gasteiger partial charge in [0.25, 0.3) is 0 Å². The highest BCUT2D eigenvalue weighted by molar-refractivity contribution is 5.78. The number of benzene rings is 2. The van der Waals surface area contributed by atoms with Crippen LogP contribution in [0.15, 0.2) is 36.4 Å². The SMILES string of the molecule is CCOC(=O)C(OC)c1cccc(-c2ccc(C(F)(F)F)c3c2CNCC3)c1. The van der Waals surface area contributed by atoms with Crippen molar-refractivity contribution in [2.75, 3.05) is 20.3 Å². The van der Waals surface area contributed by atoms with Crippen LogP contribution in [0.25, 0.3) is 11.1 Å². The molecule has 0 bridgehead atoms. The van der Waals surface area contributed by atoms with Crippen molar-refractivity contribution in [2.24, 2.45) is 0 Å². The van der Waals surface area contributed by atoms with Crippen LogP contribution in [0.3, 0.4) is 0 Å². The molecule has 7 heteroatoms. The van der Waals surface area contributed by atoms with Gasteiger partial charge in [-0.1, -0.05) is 24.3 Å². The summed E-state index contributed by atoms with van der Waals surface area (Å²) in [7, 11) is 1.41. The van der Waals surface area contributed by atoms with E-state index in [-0.39, 0.29) is 6.61 Å². The summed E-state index contributed by atoms with van der Waals surface area (Å²) in [6.45, 7) is 2.82. The molecule has 0 spiro atoms. The summed E-state index contributed by atoms with van der Waals surface area (Å²) in [5, 5.41) is 3.15. The maximum absolute atomic E-state index is 13.4. The predicted octanol–water partition coefficient (Wildman–Crippen LogP) is 4.27. The third-order valence-electron chi connectivity index (χ3n) is 4.83. The number of hydrogen-bond donors (Lipinski definition) is 1. The minimum atomic E-state index is -4.38. The molecule has 1 unspecified atom stereocenters. The Bertz CT molecular complexity index is 864. The number of esters is 1. The van der Waals surface area contributed by atoms with Gasteiger partial charge in [-0.25, -0.2) is 4.79 Å². The lowest BCUT2D eigenvalue weighted by Gasteiger charge is -2.25. The lowest BCUT2D eigenvalue weighted by atomic mass is 9.87. The van der Waals surface area contributed by atoms with Gasteiger partial charge in [-0.05, 0) is 59.8 Å². The van der Waals surface area contributed by atoms with Crippen molar-refractivity contribution in [3.63, 3.8) is 0 Å². The van der Waals surface area contributed by atoms with Crippen LogP contribution >= 0.6 is 0 Å². The van der Waals surface area contributed by atoms with E-state index in [2.05, 4.69) is 5.32 Å². The molecule has 0 aliphatic carbocycles. The number of fused-ring (bicyclic) bond motifs is 1. The molecule has 0 saturated heterocycles. The molecule has 1 heterocycles. The van der Waals surface area contributed by atoms with Crippen LogP contribution < -0.4 is 5.32 Å². The van der Waals surface area contributed by atoms with Gasteiger partial charge in [-0.2, -0.15) is 13.2 Å². The van der Waals surface area contributed by atoms with Gasteiger partial charge in [0.2, 0.25) is 0 Å². The number of rotatable bonds is 5. The van der Waals surface area contributed by atoms with Crippen molar-refractivity contribution in [1.82, 2.24) is 5.32 Å². The number of ether oxygens (including phenoxy) is 2. The van der Waals surface area contributed by atoms with Gasteiger partial charge in [0.05, 0.1) is 12.2 Å². The van der Waals surface area contributed by atoms with Gasteiger partial charge in [0.15, 0.2) is 6.10 Å². The number of nitrogens with one attached hydrogen (secondary N) is 1. The Balaban J connectivity index is 2.06. The monoisotopic (exact) mass is 393 g/mol. The Morgan fingerprint density at radius 1 is 1.21 bits per heavy atom. The number of halogens is 3. The zero-order chi connectivity index (χ0) is 20.3. The molecule has 1 atom stereocenters. The zero-order valence-electron chi connectivity index (χ0n) is 15.7. The van der Waals surface area contributed by atoms with E-state index < -0.39 is 23.8 Å². The minimum absolute atomic E-state index is 0.233. The minimum Gasteiger partial charge on any atom is -0.464 e. The first kappa shape index (κ1) is 20.4. The van der Waals surface area contributed by atoms with Crippen LogP contribution in [0.1, 0.15) is 35.3 Å². The van der Waals surface area contributed by atoms with E-state index in [0.717, 1.165) is 17.2 Å². The molecule has 2 aromatic carbocycles. The van der Waals surface area contributed by atoms with Gasteiger partial charge in [0.1, 0.15) is 0 Å². The number of hydrogen-bond acceptors (Lipinski definition) is 4. The molecule has 1 aliphatic rings. The maximum Gasteiger partial charge on any atom is 0.416 e. The summed E-state index contributed by atoms with van der Waals surface area (Å²) in [6.07, 6.45) is -4.95. The second-order valence-corrected chi connectivity index (χ2v) is 6.54. The van der Waals surface area contributed by atoms with Gasteiger partial charge >= 0.3 is 12.1 Å². The smallest absolute Gasteiger partial charge is 0.416 e. The molecule has 0 radical (unpaired) electrons. The largest absolute Gasteiger partial charge is 0.464 e. The summed E-state index contributed by atoms with van der Waals surface area (Å²) < 4.78 is 50.5. The Morgan fingerprint density at radius 3 is 2.68 bits per heavy atom. The van der Waals surface area contributed by atoms with Crippen LogP contribution in [0.5, 0.6) is 0 Å². The van der Waals surface area contributed by atoms with Gasteiger partial charge in [-0.15, -0.1) is 0 Å². The van der Waals surface area contributed by atoms with E-state index >= 15 is 0 Å². The number of alkyl halides is 3. The molecular weight excluding hydrogens is 371 g/mol. The third kappa shape index (κ3) is 4.05. The zero-order valence-corrected chi connectivity index (χ0v) is 15.7. The van der Waals surface area contributed by atoms with Crippen LogP contribution in [0.4, 0.5) is 13.2 Å². The maximum atomic E-state index is 13.4. The molecule has 0 amide bonds. The highest BCUT2D eigenvalue weighted by Crippen LogP contribution is 2.39. The molecule has 3 rings (SSSR count). The van der Waals surface area contributed by atoms with Gasteiger partial charge in [-0.3, -0.25) is 0 Å². The average molecular weight is 393 g/mol. The van der Waals surface area contributed by atoms with Gasteiger partial charge < -0.3 is 14.8 Å². The standard InChI is InChI=1S/C21H22F3NO3/c1-3-28-20(26)19(27-2)14-6-4-5-13(11-14)15-7-8-18(21(22,23)24)16-9-10-25-12-17(15)16/h4-8,11,19,25H,3,9-10,12H2,1-2H3. The van der Waals surface area contributed by atoms with E-state index in [0.29, 0.717) is 36.2 Å². The second-order valence-electron chi connectivity index (χ2n) is 6.54. The van der Waals surface area contributed by atoms with Crippen LogP contribution in [0, 0.1) is 0 Å². The Labute approximate surface area is 161 Å². The van der Waals surface area contributed by atoms with Crippen molar-refractivity contribution in [1.29, 1.82) is 0 Å². The number of carbonyl (C=O) groups is 1. The first-order valence-electron chi connectivity index (χ1n) is 9.09. The first-order valence-corrected chi connectivity index (χ1v) is 9.09. The summed E-state index contributed by atoms with van der Waals surface area (Å²) in [4.78, 5) is 12.1. The Kier molecular flexibility index (Phi) is 6.05. The molecule has 150 valence electrons. The summed E-state index contributed by atoms with van der Waals surface area (Å²) in [5.74, 6) is -0.502. The number of carbonyl (C=O) groups excluding carboxylic acids is 1. The topological polar surface area (TPSA) is 47.6 Å². The van der Waals surface area contributed by atoms with Crippen molar-refractivity contribution in [2.45, 2.75) is 32.2 Å². The van der Waals surface area contributed by atoms with Gasteiger partial charge in [0, 0.05) is 13.7 Å². The van der Waals surface area contributed by atoms with Crippen LogP contribution in [-0.4, -0.2) is 26.2 Å². The summed E-state index contributed by atoms with van der Waals surface area (Å²) in [6, 6.07) is 9.73. The molecule has 28 heavy (non-hydrogen) atoms. The first-order chi connectivity index (χ1) is 13.4. The van der Waals surface area contributed by atoms with Crippen molar-refractivity contribution >= 4 is 5.97 Å². The van der Waals surface area contributed by atoms with Crippen LogP contribution in [-0.2, 0) is 33.4 Å². The van der Waals surface area contributed by atoms with E-state index in [9.17, 15) is 18.0 Å². The molecule has 1 aliphatic heterocycles. The highest BCUT2D eigenvalue weighted by atomic mass is 19.4. The lowest BCUT2D eigenvalue weighted by Crippen LogP contribution is -2.27. The Hall–Kier alpha value is -2.38. The quantitative estimate of drug-likeness (QED) is 0.771. The molecule has 0 aromatic heterocycles. The molecule has 4 nitrogen and oxygen atoms in total. The molecule has 2 aromatic rings. The third-order valence-corrected chi connectivity index (χ3v) is 4.83. The number of methoxy groups -OCH3 is 1. The molecular formula is C21H22F3NO3. The fraction of sp³-hybridized carbons (Fsp3) is 0.381. The predicted molar refractivity (Wildman–Crippen MR) is 98.7 cm³/mol. The summed E-state index contributed by atoms with van der Waals surface area (Å²) >= 11 is 0. The van der Waals surface area contributed by atoms with Crippen molar-refractivity contribution < 1.29 is 27.4 Å². The fourth-order valence-electron chi connectivity index (χ4n) is 3.60. The van der Waals surface area contributed by atoms with Crippen molar-refractivity contribution in [3.8, 4) is 11.1 Å². The van der Waals surface area contributed by atoms with E-state index in [1.165, 1.54) is 13.2 Å². The van der Waals surface area contributed by atoms with Crippen molar-refractivity contribution in [3.05, 3.63) is 58.7 Å². The average Bonchev–Trinajstić information content (AvgIpc) is 2.67. The lowest BCUT2D eigenvalue weighted by molar-refractivity contribution is -0.155. The van der Waals surface area contributed by atoms with E-state index in [1.54, 1.807) is 25.1 Å². The summed E-state index contributed by atoms with van der Waals surface area (Å²) in [5.41, 5.74) is 2.44. The van der Waals surface area contributed by atoms with Crippen LogP contribution in [0.2, 0.25) is 0 Å². The van der Waals surface area contributed by atoms with E-state index in [1.807, 2.05) is 6.07 Å². The molecule has 1 N–H and O–H groups in total. The fourth-order valence-corrected chi connectivity index (χ4v) is 3.60. The molecule has 0 saturated carbocycles. The normalized spacial score (nSPS) is 15.0. The second kappa shape index (κ2) is 8.32. The van der Waals surface area contributed by atoms with E-state index in [4.69, 9.17) is 9.47 Å². The molecule has 0 fully saturated rings. The Morgan fingerprint density at radius 2 is 2.00 bits per heavy atom. The highest BCUT2D eigenvalue weighted by Gasteiger charge is 2.35.